The van der Waals surface area contributed by atoms with Gasteiger partial charge >= 0.3 is 0 Å². The molecule has 0 amide bonds. The molecule has 0 bridgehead atoms. The monoisotopic (exact) mass is 165 g/mol. The Morgan fingerprint density at radius 1 is 1.40 bits per heavy atom. The summed E-state index contributed by atoms with van der Waals surface area (Å²) in [5, 5.41) is 0. The van der Waals surface area contributed by atoms with Gasteiger partial charge in [-0.15, -0.1) is 12.4 Å². The van der Waals surface area contributed by atoms with E-state index in [0.29, 0.717) is 5.41 Å². The molecule has 1 rings (SSSR count). The summed E-state index contributed by atoms with van der Waals surface area (Å²) in [5.41, 5.74) is 5.96. The zero-order chi connectivity index (χ0) is 6.74. The van der Waals surface area contributed by atoms with Gasteiger partial charge in [-0.3, -0.25) is 0 Å². The van der Waals surface area contributed by atoms with E-state index in [9.17, 15) is 0 Å². The quantitative estimate of drug-likeness (QED) is 0.634. The van der Waals surface area contributed by atoms with E-state index < -0.39 is 0 Å². The molecular weight excluding hydrogens is 150 g/mol. The highest BCUT2D eigenvalue weighted by atomic mass is 35.5. The molecule has 1 heterocycles. The Kier molecular flexibility index (Phi) is 4.25. The maximum absolute atomic E-state index is 5.58. The summed E-state index contributed by atoms with van der Waals surface area (Å²) in [7, 11) is 0. The van der Waals surface area contributed by atoms with Gasteiger partial charge < -0.3 is 10.5 Å². The van der Waals surface area contributed by atoms with E-state index in [-0.39, 0.29) is 12.4 Å². The number of halogens is 1. The molecule has 0 spiro atoms. The molecule has 2 N–H and O–H groups in total. The minimum absolute atomic E-state index is 0. The van der Waals surface area contributed by atoms with Gasteiger partial charge in [0.2, 0.25) is 0 Å². The summed E-state index contributed by atoms with van der Waals surface area (Å²) < 4.78 is 5.21. The van der Waals surface area contributed by atoms with E-state index in [0.717, 1.165) is 32.6 Å². The molecule has 0 radical (unpaired) electrons. The number of rotatable bonds is 1. The second kappa shape index (κ2) is 4.16. The molecule has 3 heteroatoms. The van der Waals surface area contributed by atoms with Crippen molar-refractivity contribution in [1.82, 2.24) is 0 Å². The minimum Gasteiger partial charge on any atom is -0.381 e. The van der Waals surface area contributed by atoms with E-state index >= 15 is 0 Å². The second-order valence-corrected chi connectivity index (χ2v) is 3.13. The molecule has 0 aromatic carbocycles. The van der Waals surface area contributed by atoms with E-state index in [4.69, 9.17) is 10.5 Å². The van der Waals surface area contributed by atoms with Crippen LogP contribution in [0.3, 0.4) is 0 Å². The van der Waals surface area contributed by atoms with Crippen LogP contribution in [0, 0.1) is 5.41 Å². The molecule has 2 nitrogen and oxygen atoms in total. The fourth-order valence-corrected chi connectivity index (χ4v) is 1.07. The number of nitrogens with two attached hydrogens (primary N) is 1. The van der Waals surface area contributed by atoms with Gasteiger partial charge in [0.15, 0.2) is 0 Å². The second-order valence-electron chi connectivity index (χ2n) is 3.13. The Labute approximate surface area is 68.5 Å². The van der Waals surface area contributed by atoms with Gasteiger partial charge in [-0.1, -0.05) is 6.92 Å². The molecule has 0 atom stereocenters. The topological polar surface area (TPSA) is 35.2 Å². The smallest absolute Gasteiger partial charge is 0.0471 e. The summed E-state index contributed by atoms with van der Waals surface area (Å²) in [6.07, 6.45) is 2.26. The van der Waals surface area contributed by atoms with E-state index in [1.807, 2.05) is 0 Å². The predicted molar refractivity (Wildman–Crippen MR) is 44.5 cm³/mol. The van der Waals surface area contributed by atoms with Crippen molar-refractivity contribution in [2.24, 2.45) is 11.1 Å². The Bertz CT molecular complexity index is 91.6. The lowest BCUT2D eigenvalue weighted by Crippen LogP contribution is -2.33. The molecular formula is C7H16ClNO. The number of hydrogen-bond donors (Lipinski definition) is 1. The zero-order valence-electron chi connectivity index (χ0n) is 6.43. The Morgan fingerprint density at radius 3 is 2.20 bits per heavy atom. The van der Waals surface area contributed by atoms with Crippen LogP contribution in [0.25, 0.3) is 0 Å². The minimum atomic E-state index is 0. The lowest BCUT2D eigenvalue weighted by atomic mass is 9.83. The van der Waals surface area contributed by atoms with Crippen molar-refractivity contribution in [3.8, 4) is 0 Å². The van der Waals surface area contributed by atoms with Crippen molar-refractivity contribution in [1.29, 1.82) is 0 Å². The molecule has 0 unspecified atom stereocenters. The molecule has 1 fully saturated rings. The maximum Gasteiger partial charge on any atom is 0.0471 e. The first kappa shape index (κ1) is 10.2. The van der Waals surface area contributed by atoms with Crippen molar-refractivity contribution in [2.45, 2.75) is 19.8 Å². The van der Waals surface area contributed by atoms with Gasteiger partial charge in [0.05, 0.1) is 0 Å². The first-order valence-electron chi connectivity index (χ1n) is 3.55. The van der Waals surface area contributed by atoms with Crippen molar-refractivity contribution in [3.63, 3.8) is 0 Å². The Balaban J connectivity index is 0.000000810. The van der Waals surface area contributed by atoms with Crippen molar-refractivity contribution in [2.75, 3.05) is 19.8 Å². The summed E-state index contributed by atoms with van der Waals surface area (Å²) in [4.78, 5) is 0. The molecule has 1 saturated heterocycles. The van der Waals surface area contributed by atoms with E-state index in [1.165, 1.54) is 0 Å². The lowest BCUT2D eigenvalue weighted by Gasteiger charge is -2.31. The number of hydrogen-bond acceptors (Lipinski definition) is 2. The number of ether oxygens (including phenoxy) is 1. The molecule has 0 aromatic heterocycles. The summed E-state index contributed by atoms with van der Waals surface area (Å²) in [6, 6.07) is 0. The fraction of sp³-hybridized carbons (Fsp3) is 1.00. The average molecular weight is 166 g/mol. The third kappa shape index (κ3) is 2.45. The standard InChI is InChI=1S/C7H15NO.ClH/c1-7(6-8)2-4-9-5-3-7;/h2-6,8H2,1H3;1H. The average Bonchev–Trinajstić information content (AvgIpc) is 1.90. The van der Waals surface area contributed by atoms with Crippen molar-refractivity contribution < 1.29 is 4.74 Å². The van der Waals surface area contributed by atoms with Crippen LogP contribution in [0.1, 0.15) is 19.8 Å². The molecule has 10 heavy (non-hydrogen) atoms. The van der Waals surface area contributed by atoms with E-state index in [1.54, 1.807) is 0 Å². The van der Waals surface area contributed by atoms with Gasteiger partial charge in [0.25, 0.3) is 0 Å². The normalized spacial score (nSPS) is 23.4. The van der Waals surface area contributed by atoms with Crippen molar-refractivity contribution >= 4 is 12.4 Å². The van der Waals surface area contributed by atoms with Crippen LogP contribution in [-0.4, -0.2) is 19.8 Å². The van der Waals surface area contributed by atoms with Crippen LogP contribution in [0.4, 0.5) is 0 Å². The zero-order valence-corrected chi connectivity index (χ0v) is 7.25. The molecule has 0 aromatic rings. The van der Waals surface area contributed by atoms with Crippen LogP contribution in [0.2, 0.25) is 0 Å². The SMILES string of the molecule is CC1(CN)CCOCC1.Cl. The van der Waals surface area contributed by atoms with Crippen LogP contribution < -0.4 is 5.73 Å². The molecule has 62 valence electrons. The largest absolute Gasteiger partial charge is 0.381 e. The molecule has 0 saturated carbocycles. The Hall–Kier alpha value is 0.210. The van der Waals surface area contributed by atoms with E-state index in [2.05, 4.69) is 6.92 Å². The Morgan fingerprint density at radius 2 is 1.90 bits per heavy atom. The van der Waals surface area contributed by atoms with Crippen molar-refractivity contribution in [3.05, 3.63) is 0 Å². The van der Waals surface area contributed by atoms with Crippen LogP contribution in [0.15, 0.2) is 0 Å². The van der Waals surface area contributed by atoms with Crippen LogP contribution >= 0.6 is 12.4 Å². The van der Waals surface area contributed by atoms with Gasteiger partial charge in [0, 0.05) is 13.2 Å². The predicted octanol–water partition coefficient (Wildman–Crippen LogP) is 1.18. The van der Waals surface area contributed by atoms with Gasteiger partial charge in [-0.25, -0.2) is 0 Å². The van der Waals surface area contributed by atoms with Crippen LogP contribution in [0.5, 0.6) is 0 Å². The van der Waals surface area contributed by atoms with Gasteiger partial charge in [0.1, 0.15) is 0 Å². The summed E-state index contributed by atoms with van der Waals surface area (Å²) in [5.74, 6) is 0. The maximum atomic E-state index is 5.58. The first-order chi connectivity index (χ1) is 4.27. The fourth-order valence-electron chi connectivity index (χ4n) is 1.07. The molecule has 1 aliphatic rings. The third-order valence-corrected chi connectivity index (χ3v) is 2.19. The first-order valence-corrected chi connectivity index (χ1v) is 3.55. The van der Waals surface area contributed by atoms with Gasteiger partial charge in [-0.2, -0.15) is 0 Å². The molecule has 0 aliphatic carbocycles. The highest BCUT2D eigenvalue weighted by Gasteiger charge is 2.24. The summed E-state index contributed by atoms with van der Waals surface area (Å²) >= 11 is 0. The lowest BCUT2D eigenvalue weighted by molar-refractivity contribution is 0.0281. The highest BCUT2D eigenvalue weighted by molar-refractivity contribution is 5.85. The van der Waals surface area contributed by atoms with Crippen LogP contribution in [-0.2, 0) is 4.74 Å². The summed E-state index contributed by atoms with van der Waals surface area (Å²) in [6.45, 7) is 4.83. The highest BCUT2D eigenvalue weighted by Crippen LogP contribution is 2.27. The third-order valence-electron chi connectivity index (χ3n) is 2.19. The van der Waals surface area contributed by atoms with Gasteiger partial charge in [-0.05, 0) is 24.8 Å². The molecule has 1 aliphatic heterocycles.